The Bertz CT molecular complexity index is 571. The van der Waals surface area contributed by atoms with Gasteiger partial charge in [0.1, 0.15) is 0 Å². The summed E-state index contributed by atoms with van der Waals surface area (Å²) in [7, 11) is 0. The molecule has 0 aromatic heterocycles. The van der Waals surface area contributed by atoms with Gasteiger partial charge in [-0.1, -0.05) is 0 Å². The van der Waals surface area contributed by atoms with Gasteiger partial charge in [0, 0.05) is 12.5 Å². The molecule has 0 bridgehead atoms. The highest BCUT2D eigenvalue weighted by molar-refractivity contribution is 5.94. The first-order chi connectivity index (χ1) is 9.13. The molecule has 0 aliphatic carbocycles. The van der Waals surface area contributed by atoms with Gasteiger partial charge in [0.2, 0.25) is 5.91 Å². The van der Waals surface area contributed by atoms with Crippen LogP contribution < -0.4 is 5.32 Å². The highest BCUT2D eigenvalue weighted by Crippen LogP contribution is 2.24. The van der Waals surface area contributed by atoms with Crippen molar-refractivity contribution in [2.75, 3.05) is 5.32 Å². The molecule has 0 saturated carbocycles. The van der Waals surface area contributed by atoms with Crippen LogP contribution in [-0.4, -0.2) is 21.9 Å². The van der Waals surface area contributed by atoms with E-state index in [1.807, 2.05) is 0 Å². The lowest BCUT2D eigenvalue weighted by atomic mass is 9.89. The van der Waals surface area contributed by atoms with Gasteiger partial charge in [-0.05, 0) is 19.9 Å². The molecule has 108 valence electrons. The second-order valence-electron chi connectivity index (χ2n) is 4.84. The maximum Gasteiger partial charge on any atom is 0.309 e. The quantitative estimate of drug-likeness (QED) is 0.636. The van der Waals surface area contributed by atoms with E-state index < -0.39 is 33.7 Å². The van der Waals surface area contributed by atoms with Crippen LogP contribution in [0.2, 0.25) is 0 Å². The minimum atomic E-state index is -1.29. The standard InChI is InChI=1S/C12H13FN2O5/c1-12(2,11(17)18)6-10(16)14-9-4-3-7(15(19)20)5-8(9)13/h3-5H,6H2,1-2H3,(H,14,16)(H,17,18). The van der Waals surface area contributed by atoms with Gasteiger partial charge in [-0.2, -0.15) is 0 Å². The fraction of sp³-hybridized carbons (Fsp3) is 0.333. The van der Waals surface area contributed by atoms with Crippen molar-refractivity contribution >= 4 is 23.3 Å². The molecule has 0 unspecified atom stereocenters. The summed E-state index contributed by atoms with van der Waals surface area (Å²) in [5, 5.41) is 21.5. The van der Waals surface area contributed by atoms with E-state index in [0.717, 1.165) is 12.1 Å². The summed E-state index contributed by atoms with van der Waals surface area (Å²) < 4.78 is 13.5. The van der Waals surface area contributed by atoms with Crippen molar-refractivity contribution in [1.29, 1.82) is 0 Å². The molecule has 0 aliphatic heterocycles. The average molecular weight is 284 g/mol. The van der Waals surface area contributed by atoms with Crippen molar-refractivity contribution < 1.29 is 24.0 Å². The summed E-state index contributed by atoms with van der Waals surface area (Å²) in [6.45, 7) is 2.72. The monoisotopic (exact) mass is 284 g/mol. The van der Waals surface area contributed by atoms with E-state index >= 15 is 0 Å². The topological polar surface area (TPSA) is 110 Å². The van der Waals surface area contributed by atoms with Crippen molar-refractivity contribution in [3.8, 4) is 0 Å². The van der Waals surface area contributed by atoms with Crippen molar-refractivity contribution in [3.05, 3.63) is 34.1 Å². The van der Waals surface area contributed by atoms with Crippen molar-refractivity contribution in [1.82, 2.24) is 0 Å². The number of non-ortho nitro benzene ring substituents is 1. The summed E-state index contributed by atoms with van der Waals surface area (Å²) in [6.07, 6.45) is -0.348. The zero-order chi connectivity index (χ0) is 15.5. The summed E-state index contributed by atoms with van der Waals surface area (Å²) >= 11 is 0. The van der Waals surface area contributed by atoms with E-state index in [0.29, 0.717) is 6.07 Å². The van der Waals surface area contributed by atoms with Crippen LogP contribution in [0.3, 0.4) is 0 Å². The van der Waals surface area contributed by atoms with Crippen LogP contribution in [0.1, 0.15) is 20.3 Å². The Kier molecular flexibility index (Phi) is 4.38. The van der Waals surface area contributed by atoms with E-state index in [1.165, 1.54) is 13.8 Å². The molecule has 0 radical (unpaired) electrons. The highest BCUT2D eigenvalue weighted by Gasteiger charge is 2.30. The molecule has 1 amide bonds. The molecule has 1 rings (SSSR count). The van der Waals surface area contributed by atoms with Gasteiger partial charge in [-0.3, -0.25) is 19.7 Å². The van der Waals surface area contributed by atoms with E-state index in [2.05, 4.69) is 5.32 Å². The van der Waals surface area contributed by atoms with E-state index in [4.69, 9.17) is 5.11 Å². The largest absolute Gasteiger partial charge is 0.481 e. The van der Waals surface area contributed by atoms with Crippen molar-refractivity contribution in [2.45, 2.75) is 20.3 Å². The fourth-order valence-electron chi connectivity index (χ4n) is 1.39. The predicted molar refractivity (Wildman–Crippen MR) is 67.7 cm³/mol. The zero-order valence-electron chi connectivity index (χ0n) is 10.8. The first-order valence-corrected chi connectivity index (χ1v) is 5.60. The molecule has 0 atom stereocenters. The number of nitrogens with one attached hydrogen (secondary N) is 1. The minimum absolute atomic E-state index is 0.234. The molecular formula is C12H13FN2O5. The lowest BCUT2D eigenvalue weighted by molar-refractivity contribution is -0.385. The smallest absolute Gasteiger partial charge is 0.309 e. The SMILES string of the molecule is CC(C)(CC(=O)Nc1ccc([N+](=O)[O-])cc1F)C(=O)O. The lowest BCUT2D eigenvalue weighted by Gasteiger charge is -2.18. The summed E-state index contributed by atoms with van der Waals surface area (Å²) in [4.78, 5) is 32.2. The zero-order valence-corrected chi connectivity index (χ0v) is 10.8. The molecule has 2 N–H and O–H groups in total. The number of carbonyl (C=O) groups excluding carboxylic acids is 1. The number of rotatable bonds is 5. The molecule has 0 aliphatic rings. The number of nitro benzene ring substituents is 1. The normalized spacial score (nSPS) is 10.9. The molecule has 0 fully saturated rings. The van der Waals surface area contributed by atoms with Crippen LogP contribution in [0.25, 0.3) is 0 Å². The fourth-order valence-corrected chi connectivity index (χ4v) is 1.39. The third-order valence-electron chi connectivity index (χ3n) is 2.62. The molecular weight excluding hydrogens is 271 g/mol. The Morgan fingerprint density at radius 3 is 2.50 bits per heavy atom. The number of halogens is 1. The van der Waals surface area contributed by atoms with Crippen LogP contribution in [0.4, 0.5) is 15.8 Å². The van der Waals surface area contributed by atoms with E-state index in [-0.39, 0.29) is 12.1 Å². The number of carboxylic acids is 1. The molecule has 1 aromatic rings. The molecule has 8 heteroatoms. The number of nitro groups is 1. The van der Waals surface area contributed by atoms with Crippen LogP contribution in [-0.2, 0) is 9.59 Å². The molecule has 20 heavy (non-hydrogen) atoms. The number of hydrogen-bond acceptors (Lipinski definition) is 4. The maximum atomic E-state index is 13.5. The molecule has 7 nitrogen and oxygen atoms in total. The second-order valence-corrected chi connectivity index (χ2v) is 4.84. The predicted octanol–water partition coefficient (Wildman–Crippen LogP) is 2.17. The molecule has 0 spiro atoms. The average Bonchev–Trinajstić information content (AvgIpc) is 2.30. The Hall–Kier alpha value is -2.51. The first-order valence-electron chi connectivity index (χ1n) is 5.60. The van der Waals surface area contributed by atoms with Gasteiger partial charge in [-0.25, -0.2) is 4.39 Å². The number of carboxylic acid groups (broad SMARTS) is 1. The van der Waals surface area contributed by atoms with Gasteiger partial charge >= 0.3 is 5.97 Å². The van der Waals surface area contributed by atoms with E-state index in [1.54, 1.807) is 0 Å². The van der Waals surface area contributed by atoms with Gasteiger partial charge in [-0.15, -0.1) is 0 Å². The Morgan fingerprint density at radius 2 is 2.05 bits per heavy atom. The van der Waals surface area contributed by atoms with Gasteiger partial charge < -0.3 is 10.4 Å². The van der Waals surface area contributed by atoms with Crippen LogP contribution >= 0.6 is 0 Å². The Labute approximate surface area is 113 Å². The van der Waals surface area contributed by atoms with Gasteiger partial charge in [0.25, 0.3) is 5.69 Å². The number of aliphatic carboxylic acids is 1. The second kappa shape index (κ2) is 5.64. The maximum absolute atomic E-state index is 13.5. The number of amides is 1. The lowest BCUT2D eigenvalue weighted by Crippen LogP contribution is -2.29. The molecule has 0 saturated heterocycles. The molecule has 0 heterocycles. The minimum Gasteiger partial charge on any atom is -0.481 e. The Morgan fingerprint density at radius 1 is 1.45 bits per heavy atom. The third-order valence-corrected chi connectivity index (χ3v) is 2.62. The number of carbonyl (C=O) groups is 2. The Balaban J connectivity index is 2.82. The first kappa shape index (κ1) is 15.5. The number of anilines is 1. The van der Waals surface area contributed by atoms with Crippen LogP contribution in [0.5, 0.6) is 0 Å². The third kappa shape index (κ3) is 3.74. The summed E-state index contributed by atoms with van der Waals surface area (Å²) in [6, 6.07) is 2.78. The number of hydrogen-bond donors (Lipinski definition) is 2. The van der Waals surface area contributed by atoms with Gasteiger partial charge in [0.05, 0.1) is 22.1 Å². The van der Waals surface area contributed by atoms with E-state index in [9.17, 15) is 24.1 Å². The highest BCUT2D eigenvalue weighted by atomic mass is 19.1. The number of benzene rings is 1. The van der Waals surface area contributed by atoms with Crippen molar-refractivity contribution in [3.63, 3.8) is 0 Å². The summed E-state index contributed by atoms with van der Waals surface area (Å²) in [5.74, 6) is -2.80. The van der Waals surface area contributed by atoms with Crippen LogP contribution in [0, 0.1) is 21.3 Å². The molecule has 1 aromatic carbocycles. The van der Waals surface area contributed by atoms with Gasteiger partial charge in [0.15, 0.2) is 5.82 Å². The number of nitrogens with zero attached hydrogens (tertiary/aromatic N) is 1. The summed E-state index contributed by atoms with van der Waals surface area (Å²) in [5.41, 5.74) is -1.96. The van der Waals surface area contributed by atoms with Crippen LogP contribution in [0.15, 0.2) is 18.2 Å². The van der Waals surface area contributed by atoms with Crippen molar-refractivity contribution in [2.24, 2.45) is 5.41 Å².